The molecule has 1 fully saturated rings. The average Bonchev–Trinajstić information content (AvgIpc) is 2.64. The molecule has 0 aromatic heterocycles. The van der Waals surface area contributed by atoms with Crippen molar-refractivity contribution in [2.75, 3.05) is 18.4 Å². The fourth-order valence-corrected chi connectivity index (χ4v) is 2.23. The zero-order valence-electron chi connectivity index (χ0n) is 10.3. The van der Waals surface area contributed by atoms with Gasteiger partial charge >= 0.3 is 0 Å². The minimum absolute atomic E-state index is 0.00199. The van der Waals surface area contributed by atoms with Gasteiger partial charge in [0, 0.05) is 17.8 Å². The van der Waals surface area contributed by atoms with Crippen LogP contribution >= 0.6 is 0 Å². The van der Waals surface area contributed by atoms with Gasteiger partial charge in [-0.3, -0.25) is 4.79 Å². The van der Waals surface area contributed by atoms with Crippen molar-refractivity contribution in [1.82, 2.24) is 5.32 Å². The summed E-state index contributed by atoms with van der Waals surface area (Å²) in [6.07, 6.45) is 1.04. The van der Waals surface area contributed by atoms with Crippen molar-refractivity contribution in [3.05, 3.63) is 29.3 Å². The van der Waals surface area contributed by atoms with Crippen LogP contribution in [0.1, 0.15) is 29.3 Å². The van der Waals surface area contributed by atoms with Crippen LogP contribution in [-0.2, 0) is 0 Å². The van der Waals surface area contributed by atoms with Crippen LogP contribution in [-0.4, -0.2) is 24.5 Å². The van der Waals surface area contributed by atoms with E-state index in [0.717, 1.165) is 30.8 Å². The van der Waals surface area contributed by atoms with Crippen LogP contribution in [0.25, 0.3) is 0 Å². The summed E-state index contributed by atoms with van der Waals surface area (Å²) in [5.41, 5.74) is 7.90. The highest BCUT2D eigenvalue weighted by Crippen LogP contribution is 2.25. The van der Waals surface area contributed by atoms with Gasteiger partial charge < -0.3 is 16.4 Å². The van der Waals surface area contributed by atoms with Crippen LogP contribution in [0.15, 0.2) is 18.2 Å². The Bertz CT molecular complexity index is 436. The molecule has 1 saturated heterocycles. The minimum Gasteiger partial charge on any atom is -0.378 e. The molecular formula is C13H19N3O. The number of amides is 1. The number of carbonyl (C=O) groups excluding carboxylic acids is 1. The van der Waals surface area contributed by atoms with Gasteiger partial charge in [0.15, 0.2) is 0 Å². The van der Waals surface area contributed by atoms with Crippen molar-refractivity contribution in [3.8, 4) is 0 Å². The largest absolute Gasteiger partial charge is 0.378 e. The first-order valence-corrected chi connectivity index (χ1v) is 5.90. The van der Waals surface area contributed by atoms with Crippen molar-refractivity contribution in [3.63, 3.8) is 0 Å². The zero-order valence-corrected chi connectivity index (χ0v) is 10.3. The Morgan fingerprint density at radius 2 is 2.29 bits per heavy atom. The third-order valence-corrected chi connectivity index (χ3v) is 3.25. The third kappa shape index (κ3) is 2.58. The summed E-state index contributed by atoms with van der Waals surface area (Å²) in [5, 5.41) is 6.76. The molecule has 1 aromatic carbocycles. The summed E-state index contributed by atoms with van der Waals surface area (Å²) in [6.45, 7) is 6.06. The number of hydrogen-bond donors (Lipinski definition) is 3. The number of benzene rings is 1. The predicted molar refractivity (Wildman–Crippen MR) is 69.2 cm³/mol. The van der Waals surface area contributed by atoms with Gasteiger partial charge in [-0.05, 0) is 44.5 Å². The summed E-state index contributed by atoms with van der Waals surface area (Å²) >= 11 is 0. The van der Waals surface area contributed by atoms with Crippen molar-refractivity contribution in [1.29, 1.82) is 0 Å². The van der Waals surface area contributed by atoms with Crippen molar-refractivity contribution < 1.29 is 4.79 Å². The number of aryl methyl sites for hydroxylation is 1. The molecule has 1 aliphatic heterocycles. The molecule has 1 aliphatic rings. The van der Waals surface area contributed by atoms with Crippen LogP contribution in [0, 0.1) is 6.92 Å². The lowest BCUT2D eigenvalue weighted by Gasteiger charge is -2.27. The normalized spacial score (nSPS) is 23.6. The van der Waals surface area contributed by atoms with E-state index in [1.165, 1.54) is 0 Å². The number of nitrogens with two attached hydrogens (primary N) is 1. The Hall–Kier alpha value is -1.55. The molecule has 92 valence electrons. The van der Waals surface area contributed by atoms with Crippen LogP contribution in [0.5, 0.6) is 0 Å². The van der Waals surface area contributed by atoms with Gasteiger partial charge in [-0.25, -0.2) is 0 Å². The number of primary amides is 1. The molecule has 1 unspecified atom stereocenters. The molecule has 4 nitrogen and oxygen atoms in total. The topological polar surface area (TPSA) is 67.2 Å². The second-order valence-electron chi connectivity index (χ2n) is 5.03. The molecule has 1 aromatic rings. The van der Waals surface area contributed by atoms with E-state index in [1.54, 1.807) is 6.07 Å². The molecule has 1 heterocycles. The van der Waals surface area contributed by atoms with Gasteiger partial charge in [-0.2, -0.15) is 0 Å². The summed E-state index contributed by atoms with van der Waals surface area (Å²) in [6, 6.07) is 5.66. The number of hydrogen-bond acceptors (Lipinski definition) is 3. The summed E-state index contributed by atoms with van der Waals surface area (Å²) < 4.78 is 0. The van der Waals surface area contributed by atoms with Crippen LogP contribution in [0.4, 0.5) is 5.69 Å². The Labute approximate surface area is 102 Å². The van der Waals surface area contributed by atoms with Crippen LogP contribution in [0.3, 0.4) is 0 Å². The molecular weight excluding hydrogens is 214 g/mol. The van der Waals surface area contributed by atoms with E-state index in [4.69, 9.17) is 5.73 Å². The molecule has 1 atom stereocenters. The maximum Gasteiger partial charge on any atom is 0.250 e. The molecule has 0 radical (unpaired) electrons. The van der Waals surface area contributed by atoms with E-state index in [1.807, 2.05) is 19.1 Å². The maximum absolute atomic E-state index is 11.4. The smallest absolute Gasteiger partial charge is 0.250 e. The fraction of sp³-hybridized carbons (Fsp3) is 0.462. The van der Waals surface area contributed by atoms with E-state index in [2.05, 4.69) is 17.6 Å². The van der Waals surface area contributed by atoms with Gasteiger partial charge in [0.1, 0.15) is 0 Å². The third-order valence-electron chi connectivity index (χ3n) is 3.25. The Morgan fingerprint density at radius 3 is 2.88 bits per heavy atom. The molecule has 0 spiro atoms. The van der Waals surface area contributed by atoms with Gasteiger partial charge in [0.25, 0.3) is 5.91 Å². The lowest BCUT2D eigenvalue weighted by molar-refractivity contribution is 0.100. The number of carbonyl (C=O) groups is 1. The second-order valence-corrected chi connectivity index (χ2v) is 5.03. The standard InChI is InChI=1S/C13H19N3O/c1-9-3-4-10(12(14)17)11(7-9)16-13(2)5-6-15-8-13/h3-4,7,15-16H,5-6,8H2,1-2H3,(H2,14,17). The fourth-order valence-electron chi connectivity index (χ4n) is 2.23. The van der Waals surface area contributed by atoms with Gasteiger partial charge in [-0.1, -0.05) is 6.07 Å². The molecule has 4 N–H and O–H groups in total. The summed E-state index contributed by atoms with van der Waals surface area (Å²) in [7, 11) is 0. The van der Waals surface area contributed by atoms with Gasteiger partial charge in [-0.15, -0.1) is 0 Å². The van der Waals surface area contributed by atoms with Crippen LogP contribution < -0.4 is 16.4 Å². The Balaban J connectivity index is 2.30. The minimum atomic E-state index is -0.387. The first-order chi connectivity index (χ1) is 8.00. The predicted octanol–water partition coefficient (Wildman–Crippen LogP) is 1.26. The van der Waals surface area contributed by atoms with Crippen molar-refractivity contribution in [2.45, 2.75) is 25.8 Å². The Morgan fingerprint density at radius 1 is 1.53 bits per heavy atom. The lowest BCUT2D eigenvalue weighted by atomic mass is 9.99. The lowest BCUT2D eigenvalue weighted by Crippen LogP contribution is -2.37. The van der Waals surface area contributed by atoms with E-state index in [0.29, 0.717) is 5.56 Å². The van der Waals surface area contributed by atoms with Crippen molar-refractivity contribution in [2.24, 2.45) is 5.73 Å². The SMILES string of the molecule is Cc1ccc(C(N)=O)c(NC2(C)CCNC2)c1. The second kappa shape index (κ2) is 4.37. The highest BCUT2D eigenvalue weighted by molar-refractivity contribution is 5.98. The Kier molecular flexibility index (Phi) is 3.07. The quantitative estimate of drug-likeness (QED) is 0.736. The molecule has 17 heavy (non-hydrogen) atoms. The number of rotatable bonds is 3. The monoisotopic (exact) mass is 233 g/mol. The van der Waals surface area contributed by atoms with E-state index in [9.17, 15) is 4.79 Å². The van der Waals surface area contributed by atoms with Crippen LogP contribution in [0.2, 0.25) is 0 Å². The highest BCUT2D eigenvalue weighted by atomic mass is 16.1. The molecule has 2 rings (SSSR count). The summed E-state index contributed by atoms with van der Waals surface area (Å²) in [4.78, 5) is 11.4. The average molecular weight is 233 g/mol. The first-order valence-electron chi connectivity index (χ1n) is 5.90. The molecule has 1 amide bonds. The van der Waals surface area contributed by atoms with Gasteiger partial charge in [0.2, 0.25) is 0 Å². The molecule has 0 bridgehead atoms. The maximum atomic E-state index is 11.4. The van der Waals surface area contributed by atoms with E-state index >= 15 is 0 Å². The highest BCUT2D eigenvalue weighted by Gasteiger charge is 2.29. The molecule has 0 saturated carbocycles. The zero-order chi connectivity index (χ0) is 12.5. The van der Waals surface area contributed by atoms with E-state index in [-0.39, 0.29) is 11.4 Å². The van der Waals surface area contributed by atoms with E-state index < -0.39 is 0 Å². The van der Waals surface area contributed by atoms with Crippen molar-refractivity contribution >= 4 is 11.6 Å². The first kappa shape index (κ1) is 11.9. The summed E-state index contributed by atoms with van der Waals surface area (Å²) in [5.74, 6) is -0.387. The molecule has 4 heteroatoms. The molecule has 0 aliphatic carbocycles. The van der Waals surface area contributed by atoms with Gasteiger partial charge in [0.05, 0.1) is 5.56 Å². The number of nitrogens with one attached hydrogen (secondary N) is 2. The number of anilines is 1.